The van der Waals surface area contributed by atoms with Gasteiger partial charge in [0.2, 0.25) is 0 Å². The Labute approximate surface area is 74.8 Å². The summed E-state index contributed by atoms with van der Waals surface area (Å²) in [5.41, 5.74) is 0. The highest BCUT2D eigenvalue weighted by atomic mass is 16.3. The molecule has 2 aromatic heterocycles. The van der Waals surface area contributed by atoms with Gasteiger partial charge in [-0.3, -0.25) is 9.36 Å². The highest BCUT2D eigenvalue weighted by Crippen LogP contribution is 2.05. The van der Waals surface area contributed by atoms with Crippen LogP contribution in [0.25, 0.3) is 0 Å². The second kappa shape index (κ2) is 2.90. The molecule has 0 atom stereocenters. The zero-order valence-corrected chi connectivity index (χ0v) is 7.10. The van der Waals surface area contributed by atoms with Crippen LogP contribution in [-0.4, -0.2) is 15.5 Å². The lowest BCUT2D eigenvalue weighted by atomic mass is 10.4. The second-order valence-corrected chi connectivity index (χ2v) is 2.63. The van der Waals surface area contributed by atoms with E-state index >= 15 is 0 Å². The molecule has 0 saturated heterocycles. The van der Waals surface area contributed by atoms with Gasteiger partial charge >= 0.3 is 0 Å². The van der Waals surface area contributed by atoms with Gasteiger partial charge < -0.3 is 4.42 Å². The molecule has 0 fully saturated rings. The minimum Gasteiger partial charge on any atom is -0.459 e. The van der Waals surface area contributed by atoms with Gasteiger partial charge in [-0.15, -0.1) is 0 Å². The summed E-state index contributed by atoms with van der Waals surface area (Å²) < 4.78 is 6.42. The zero-order valence-electron chi connectivity index (χ0n) is 7.10. The van der Waals surface area contributed by atoms with Gasteiger partial charge in [0.05, 0.1) is 6.26 Å². The molecule has 0 radical (unpaired) electrons. The van der Waals surface area contributed by atoms with Crippen LogP contribution in [-0.2, 0) is 0 Å². The van der Waals surface area contributed by atoms with E-state index in [1.807, 2.05) is 0 Å². The summed E-state index contributed by atoms with van der Waals surface area (Å²) >= 11 is 0. The van der Waals surface area contributed by atoms with E-state index < -0.39 is 0 Å². The number of imidazole rings is 1. The number of furan rings is 1. The van der Waals surface area contributed by atoms with E-state index in [9.17, 15) is 4.79 Å². The van der Waals surface area contributed by atoms with Gasteiger partial charge in [-0.25, -0.2) is 4.98 Å². The molecule has 0 aliphatic rings. The Bertz CT molecular complexity index is 415. The van der Waals surface area contributed by atoms with Gasteiger partial charge in [-0.05, 0) is 19.1 Å². The Morgan fingerprint density at radius 1 is 1.62 bits per heavy atom. The largest absolute Gasteiger partial charge is 0.459 e. The molecule has 0 aliphatic carbocycles. The summed E-state index contributed by atoms with van der Waals surface area (Å²) in [6.45, 7) is 1.76. The first-order valence-electron chi connectivity index (χ1n) is 3.87. The molecule has 4 nitrogen and oxygen atoms in total. The number of hydrogen-bond donors (Lipinski definition) is 0. The van der Waals surface area contributed by atoms with Crippen LogP contribution in [0.1, 0.15) is 16.4 Å². The van der Waals surface area contributed by atoms with E-state index in [2.05, 4.69) is 4.98 Å². The van der Waals surface area contributed by atoms with Gasteiger partial charge in [0.25, 0.3) is 5.91 Å². The minimum atomic E-state index is -0.194. The standard InChI is InChI=1S/C9H8N2O2/c1-7-10-4-5-11(7)9(12)8-3-2-6-13-8/h2-6H,1H3. The van der Waals surface area contributed by atoms with Crippen LogP contribution in [0.4, 0.5) is 0 Å². The third kappa shape index (κ3) is 1.26. The molecule has 2 aromatic rings. The Balaban J connectivity index is 2.39. The number of carbonyl (C=O) groups excluding carboxylic acids is 1. The van der Waals surface area contributed by atoms with Gasteiger partial charge in [0.1, 0.15) is 5.82 Å². The Kier molecular flexibility index (Phi) is 1.73. The molecule has 0 N–H and O–H groups in total. The monoisotopic (exact) mass is 176 g/mol. The number of rotatable bonds is 1. The lowest BCUT2D eigenvalue weighted by molar-refractivity contribution is 0.0930. The fourth-order valence-electron chi connectivity index (χ4n) is 1.11. The van der Waals surface area contributed by atoms with Crippen LogP contribution in [0.15, 0.2) is 35.2 Å². The molecule has 13 heavy (non-hydrogen) atoms. The lowest BCUT2D eigenvalue weighted by Crippen LogP contribution is -2.11. The van der Waals surface area contributed by atoms with Crippen LogP contribution in [0.5, 0.6) is 0 Å². The number of carbonyl (C=O) groups is 1. The third-order valence-corrected chi connectivity index (χ3v) is 1.78. The SMILES string of the molecule is Cc1nccn1C(=O)c1ccco1. The molecule has 0 aromatic carbocycles. The van der Waals surface area contributed by atoms with E-state index in [-0.39, 0.29) is 5.91 Å². The molecule has 2 heterocycles. The smallest absolute Gasteiger partial charge is 0.298 e. The van der Waals surface area contributed by atoms with E-state index in [0.717, 1.165) is 0 Å². The first-order valence-corrected chi connectivity index (χ1v) is 3.87. The van der Waals surface area contributed by atoms with Crippen LogP contribution >= 0.6 is 0 Å². The minimum absolute atomic E-state index is 0.194. The Morgan fingerprint density at radius 2 is 2.46 bits per heavy atom. The molecule has 0 aliphatic heterocycles. The van der Waals surface area contributed by atoms with Crippen molar-refractivity contribution in [2.24, 2.45) is 0 Å². The van der Waals surface area contributed by atoms with Gasteiger partial charge in [0.15, 0.2) is 5.76 Å². The lowest BCUT2D eigenvalue weighted by Gasteiger charge is -1.98. The fourth-order valence-corrected chi connectivity index (χ4v) is 1.11. The maximum absolute atomic E-state index is 11.6. The quantitative estimate of drug-likeness (QED) is 0.661. The van der Waals surface area contributed by atoms with E-state index in [4.69, 9.17) is 4.42 Å². The normalized spacial score (nSPS) is 10.2. The number of nitrogens with zero attached hydrogens (tertiary/aromatic N) is 2. The van der Waals surface area contributed by atoms with Crippen molar-refractivity contribution in [1.29, 1.82) is 0 Å². The van der Waals surface area contributed by atoms with E-state index in [1.165, 1.54) is 10.8 Å². The van der Waals surface area contributed by atoms with Crippen molar-refractivity contribution in [3.8, 4) is 0 Å². The molecule has 0 unspecified atom stereocenters. The molecule has 0 spiro atoms. The van der Waals surface area contributed by atoms with Crippen molar-refractivity contribution in [2.75, 3.05) is 0 Å². The maximum atomic E-state index is 11.6. The van der Waals surface area contributed by atoms with Crippen LogP contribution in [0.3, 0.4) is 0 Å². The van der Waals surface area contributed by atoms with Crippen molar-refractivity contribution < 1.29 is 9.21 Å². The molecular weight excluding hydrogens is 168 g/mol. The number of aromatic nitrogens is 2. The van der Waals surface area contributed by atoms with Crippen LogP contribution in [0.2, 0.25) is 0 Å². The molecule has 66 valence electrons. The first kappa shape index (κ1) is 7.79. The third-order valence-electron chi connectivity index (χ3n) is 1.78. The summed E-state index contributed by atoms with van der Waals surface area (Å²) in [6.07, 6.45) is 4.66. The number of hydrogen-bond acceptors (Lipinski definition) is 3. The Morgan fingerprint density at radius 3 is 3.00 bits per heavy atom. The van der Waals surface area contributed by atoms with Crippen molar-refractivity contribution in [1.82, 2.24) is 9.55 Å². The summed E-state index contributed by atoms with van der Waals surface area (Å²) in [5, 5.41) is 0. The molecule has 0 amide bonds. The summed E-state index contributed by atoms with van der Waals surface area (Å²) in [5.74, 6) is 0.780. The molecule has 0 saturated carbocycles. The predicted octanol–water partition coefficient (Wildman–Crippen LogP) is 1.47. The van der Waals surface area contributed by atoms with E-state index in [1.54, 1.807) is 31.5 Å². The van der Waals surface area contributed by atoms with Gasteiger partial charge in [-0.1, -0.05) is 0 Å². The molecular formula is C9H8N2O2. The molecule has 0 bridgehead atoms. The summed E-state index contributed by atoms with van der Waals surface area (Å²) in [4.78, 5) is 15.6. The van der Waals surface area contributed by atoms with Gasteiger partial charge in [0, 0.05) is 12.4 Å². The highest BCUT2D eigenvalue weighted by Gasteiger charge is 2.12. The number of aryl methyl sites for hydroxylation is 1. The Hall–Kier alpha value is -1.84. The summed E-state index contributed by atoms with van der Waals surface area (Å²) in [6, 6.07) is 3.31. The average molecular weight is 176 g/mol. The average Bonchev–Trinajstić information content (AvgIpc) is 2.72. The van der Waals surface area contributed by atoms with E-state index in [0.29, 0.717) is 11.6 Å². The first-order chi connectivity index (χ1) is 6.29. The van der Waals surface area contributed by atoms with Crippen molar-refractivity contribution in [3.63, 3.8) is 0 Å². The maximum Gasteiger partial charge on any atom is 0.298 e. The summed E-state index contributed by atoms with van der Waals surface area (Å²) in [7, 11) is 0. The topological polar surface area (TPSA) is 48.0 Å². The van der Waals surface area contributed by atoms with Crippen molar-refractivity contribution >= 4 is 5.91 Å². The van der Waals surface area contributed by atoms with Crippen molar-refractivity contribution in [2.45, 2.75) is 6.92 Å². The van der Waals surface area contributed by atoms with Crippen LogP contribution < -0.4 is 0 Å². The van der Waals surface area contributed by atoms with Gasteiger partial charge in [-0.2, -0.15) is 0 Å². The molecule has 2 rings (SSSR count). The fraction of sp³-hybridized carbons (Fsp3) is 0.111. The van der Waals surface area contributed by atoms with Crippen molar-refractivity contribution in [3.05, 3.63) is 42.4 Å². The highest BCUT2D eigenvalue weighted by molar-refractivity contribution is 5.93. The predicted molar refractivity (Wildman–Crippen MR) is 45.4 cm³/mol. The second-order valence-electron chi connectivity index (χ2n) is 2.63. The molecule has 4 heteroatoms. The van der Waals surface area contributed by atoms with Crippen LogP contribution in [0, 0.1) is 6.92 Å². The zero-order chi connectivity index (χ0) is 9.26.